The van der Waals surface area contributed by atoms with E-state index in [4.69, 9.17) is 4.18 Å². The molecule has 1 saturated heterocycles. The molecule has 2 fully saturated rings. The SMILES string of the molecule is O=C(O)CC(CC(=O)O)(O[SH]1C(N2CCN(CC3CCCCC3)CC2)=CC(=O)c2cc(C(F)(F)F)cc([N+](=O)[O-])c21)C(=O)O. The smallest absolute Gasteiger partial charge is 0.416 e. The lowest BCUT2D eigenvalue weighted by Gasteiger charge is -2.44. The van der Waals surface area contributed by atoms with Gasteiger partial charge in [0.05, 0.1) is 28.4 Å². The summed E-state index contributed by atoms with van der Waals surface area (Å²) < 4.78 is 46.8. The Kier molecular flexibility index (Phi) is 9.90. The zero-order valence-electron chi connectivity index (χ0n) is 23.4. The van der Waals surface area contributed by atoms with Crippen molar-refractivity contribution in [2.45, 2.75) is 61.6 Å². The Hall–Kier alpha value is -3.70. The van der Waals surface area contributed by atoms with E-state index in [1.165, 1.54) is 6.42 Å². The number of rotatable bonds is 11. The van der Waals surface area contributed by atoms with E-state index in [1.54, 1.807) is 4.90 Å². The number of carboxylic acids is 3. The minimum Gasteiger partial charge on any atom is -0.481 e. The first-order chi connectivity index (χ1) is 20.6. The van der Waals surface area contributed by atoms with Crippen molar-refractivity contribution >= 4 is 40.6 Å². The van der Waals surface area contributed by atoms with Gasteiger partial charge in [-0.3, -0.25) is 29.4 Å². The van der Waals surface area contributed by atoms with Crippen LogP contribution in [0.3, 0.4) is 0 Å². The van der Waals surface area contributed by atoms with Crippen molar-refractivity contribution in [1.82, 2.24) is 9.80 Å². The molecule has 17 heteroatoms. The van der Waals surface area contributed by atoms with Gasteiger partial charge >= 0.3 is 24.1 Å². The van der Waals surface area contributed by atoms with Crippen LogP contribution in [0.2, 0.25) is 0 Å². The number of fused-ring (bicyclic) bond motifs is 1. The third-order valence-corrected chi connectivity index (χ3v) is 10.3. The molecule has 44 heavy (non-hydrogen) atoms. The van der Waals surface area contributed by atoms with Gasteiger partial charge in [0.25, 0.3) is 5.69 Å². The third kappa shape index (κ3) is 7.32. The summed E-state index contributed by atoms with van der Waals surface area (Å²) in [6.07, 6.45) is -1.24. The monoisotopic (exact) mass is 647 g/mol. The summed E-state index contributed by atoms with van der Waals surface area (Å²) in [5, 5.41) is 41.0. The number of aliphatic carboxylic acids is 3. The molecule has 0 spiro atoms. The highest BCUT2D eigenvalue weighted by Gasteiger charge is 2.50. The molecule has 1 unspecified atom stereocenters. The van der Waals surface area contributed by atoms with E-state index in [0.717, 1.165) is 38.3 Å². The van der Waals surface area contributed by atoms with Gasteiger partial charge in [0.15, 0.2) is 11.4 Å². The van der Waals surface area contributed by atoms with Gasteiger partial charge in [-0.15, -0.1) is 0 Å². The molecular weight excluding hydrogens is 615 g/mol. The van der Waals surface area contributed by atoms with E-state index in [-0.39, 0.29) is 24.2 Å². The van der Waals surface area contributed by atoms with Crippen molar-refractivity contribution in [3.8, 4) is 0 Å². The molecule has 0 bridgehead atoms. The van der Waals surface area contributed by atoms with Crippen molar-refractivity contribution < 1.29 is 56.8 Å². The van der Waals surface area contributed by atoms with Gasteiger partial charge in [-0.1, -0.05) is 30.4 Å². The number of thiol groups is 1. The quantitative estimate of drug-likeness (QED) is 0.154. The van der Waals surface area contributed by atoms with Gasteiger partial charge in [0.2, 0.25) is 0 Å². The van der Waals surface area contributed by atoms with Crippen molar-refractivity contribution in [2.24, 2.45) is 5.92 Å². The lowest BCUT2D eigenvalue weighted by molar-refractivity contribution is -0.388. The Bertz CT molecular complexity index is 1360. The summed E-state index contributed by atoms with van der Waals surface area (Å²) in [6, 6.07) is 0.599. The molecule has 0 radical (unpaired) electrons. The molecule has 0 amide bonds. The number of halogens is 3. The van der Waals surface area contributed by atoms with Gasteiger partial charge in [-0.25, -0.2) is 4.79 Å². The van der Waals surface area contributed by atoms with Crippen LogP contribution in [-0.4, -0.2) is 92.1 Å². The molecule has 2 heterocycles. The molecule has 1 atom stereocenters. The fourth-order valence-corrected chi connectivity index (χ4v) is 8.29. The molecular formula is C27H32F3N3O10S. The predicted octanol–water partition coefficient (Wildman–Crippen LogP) is 3.91. The second-order valence-corrected chi connectivity index (χ2v) is 12.8. The number of hydrogen-bond acceptors (Lipinski definition) is 9. The zero-order valence-corrected chi connectivity index (χ0v) is 24.3. The molecule has 0 aromatic heterocycles. The highest BCUT2D eigenvalue weighted by molar-refractivity contribution is 8.16. The Morgan fingerprint density at radius 2 is 1.59 bits per heavy atom. The van der Waals surface area contributed by atoms with E-state index in [2.05, 4.69) is 4.90 Å². The number of nitro groups is 1. The first-order valence-corrected chi connectivity index (χ1v) is 15.2. The van der Waals surface area contributed by atoms with Crippen LogP contribution in [-0.2, 0) is 24.7 Å². The number of allylic oxidation sites excluding steroid dienone is 1. The zero-order chi connectivity index (χ0) is 32.4. The van der Waals surface area contributed by atoms with Gasteiger partial charge in [-0.2, -0.15) is 13.2 Å². The van der Waals surface area contributed by atoms with E-state index < -0.39 is 86.1 Å². The fourth-order valence-electron chi connectivity index (χ4n) is 5.88. The average molecular weight is 648 g/mol. The molecule has 4 rings (SSSR count). The summed E-state index contributed by atoms with van der Waals surface area (Å²) in [6.45, 7) is 2.30. The number of piperazine rings is 1. The van der Waals surface area contributed by atoms with E-state index in [9.17, 15) is 57.8 Å². The van der Waals surface area contributed by atoms with Crippen molar-refractivity contribution in [3.05, 3.63) is 44.5 Å². The maximum absolute atomic E-state index is 13.7. The average Bonchev–Trinajstić information content (AvgIpc) is 2.93. The molecule has 1 aromatic carbocycles. The summed E-state index contributed by atoms with van der Waals surface area (Å²) in [4.78, 5) is 63.2. The van der Waals surface area contributed by atoms with Crippen LogP contribution in [0.4, 0.5) is 18.9 Å². The first-order valence-electron chi connectivity index (χ1n) is 13.9. The maximum atomic E-state index is 13.7. The Balaban J connectivity index is 1.79. The van der Waals surface area contributed by atoms with Crippen LogP contribution in [0.5, 0.6) is 0 Å². The molecule has 1 aromatic rings. The summed E-state index contributed by atoms with van der Waals surface area (Å²) in [7, 11) is 0. The summed E-state index contributed by atoms with van der Waals surface area (Å²) in [5.41, 5.74) is -6.41. The summed E-state index contributed by atoms with van der Waals surface area (Å²) >= 11 is -2.88. The van der Waals surface area contributed by atoms with Crippen LogP contribution < -0.4 is 0 Å². The predicted molar refractivity (Wildman–Crippen MR) is 148 cm³/mol. The van der Waals surface area contributed by atoms with E-state index in [0.29, 0.717) is 25.1 Å². The van der Waals surface area contributed by atoms with Crippen molar-refractivity contribution in [3.63, 3.8) is 0 Å². The summed E-state index contributed by atoms with van der Waals surface area (Å²) in [5.74, 6) is -6.03. The third-order valence-electron chi connectivity index (χ3n) is 8.02. The van der Waals surface area contributed by atoms with Gasteiger partial charge in [0, 0.05) is 50.4 Å². The van der Waals surface area contributed by atoms with Gasteiger partial charge < -0.3 is 24.4 Å². The molecule has 1 saturated carbocycles. The minimum atomic E-state index is -5.08. The second-order valence-electron chi connectivity index (χ2n) is 11.1. The number of ketones is 1. The van der Waals surface area contributed by atoms with Crippen LogP contribution >= 0.6 is 11.2 Å². The lowest BCUT2D eigenvalue weighted by Crippen LogP contribution is -2.49. The molecule has 13 nitrogen and oxygen atoms in total. The standard InChI is InChI=1S/C27H32F3N3O10S/c28-27(29,30)17-10-18-20(34)12-21(32-8-6-31(7-9-32)15-16-4-2-1-3-5-16)44(24(18)19(11-17)33(41)42)43-26(25(39)40,13-22(35)36)14-23(37)38/h10-12,16,44H,1-9,13-15H2,(H,35,36)(H,37,38)(H,39,40). The second kappa shape index (κ2) is 13.1. The van der Waals surface area contributed by atoms with Gasteiger partial charge in [-0.05, 0) is 24.8 Å². The molecule has 3 N–H and O–H groups in total. The Morgan fingerprint density at radius 3 is 2.09 bits per heavy atom. The van der Waals surface area contributed by atoms with Crippen LogP contribution in [0.25, 0.3) is 0 Å². The number of carboxylic acid groups (broad SMARTS) is 3. The van der Waals surface area contributed by atoms with Crippen molar-refractivity contribution in [2.75, 3.05) is 32.7 Å². The minimum absolute atomic E-state index is 0.0703. The van der Waals surface area contributed by atoms with Crippen LogP contribution in [0.1, 0.15) is 60.9 Å². The molecule has 3 aliphatic rings. The number of nitro benzene ring substituents is 1. The highest BCUT2D eigenvalue weighted by Crippen LogP contribution is 2.58. The number of hydrogen-bond donors (Lipinski definition) is 4. The van der Waals surface area contributed by atoms with Crippen molar-refractivity contribution in [1.29, 1.82) is 0 Å². The first kappa shape index (κ1) is 33.2. The van der Waals surface area contributed by atoms with Gasteiger partial charge in [0.1, 0.15) is 4.90 Å². The largest absolute Gasteiger partial charge is 0.481 e. The normalized spacial score (nSPS) is 21.0. The highest BCUT2D eigenvalue weighted by atomic mass is 32.2. The topological polar surface area (TPSA) is 188 Å². The maximum Gasteiger partial charge on any atom is 0.416 e. The number of carbonyl (C=O) groups excluding carboxylic acids is 1. The van der Waals surface area contributed by atoms with Crippen LogP contribution in [0, 0.1) is 16.0 Å². The fraction of sp³-hybridized carbons (Fsp3) is 0.556. The van der Waals surface area contributed by atoms with Crippen LogP contribution in [0.15, 0.2) is 28.1 Å². The number of benzene rings is 1. The lowest BCUT2D eigenvalue weighted by atomic mass is 9.89. The molecule has 2 aliphatic heterocycles. The number of nitrogens with zero attached hydrogens (tertiary/aromatic N) is 3. The molecule has 242 valence electrons. The van der Waals surface area contributed by atoms with E-state index >= 15 is 0 Å². The Morgan fingerprint density at radius 1 is 1.00 bits per heavy atom. The number of alkyl halides is 3. The number of carbonyl (C=O) groups is 4. The Labute approximate surface area is 251 Å². The van der Waals surface area contributed by atoms with E-state index in [1.807, 2.05) is 0 Å². The molecule has 1 aliphatic carbocycles.